The summed E-state index contributed by atoms with van der Waals surface area (Å²) in [6, 6.07) is 11.0. The van der Waals surface area contributed by atoms with Gasteiger partial charge in [-0.05, 0) is 61.4 Å². The number of nitriles is 2. The van der Waals surface area contributed by atoms with Gasteiger partial charge in [-0.25, -0.2) is 14.4 Å². The van der Waals surface area contributed by atoms with Gasteiger partial charge >= 0.3 is 0 Å². The number of pyridine rings is 1. The molecular formula is C24H23FN4O3. The SMILES string of the molecule is N#Cc1cc(F)cc([C@@H]2CCON2C(=O)C2CCC(COc3cc(C#N)ccn3)CC2)c1. The fraction of sp³-hybridized carbons (Fsp3) is 0.417. The van der Waals surface area contributed by atoms with E-state index in [1.165, 1.54) is 17.2 Å². The molecule has 0 bridgehead atoms. The number of aromatic nitrogens is 1. The Bertz CT molecular complexity index is 1070. The molecule has 164 valence electrons. The van der Waals surface area contributed by atoms with Crippen LogP contribution in [0.1, 0.15) is 54.8 Å². The molecule has 7 nitrogen and oxygen atoms in total. The molecule has 1 aliphatic carbocycles. The van der Waals surface area contributed by atoms with Gasteiger partial charge in [-0.2, -0.15) is 10.5 Å². The van der Waals surface area contributed by atoms with Crippen LogP contribution in [-0.4, -0.2) is 29.2 Å². The van der Waals surface area contributed by atoms with E-state index >= 15 is 0 Å². The first-order valence-corrected chi connectivity index (χ1v) is 10.7. The number of hydrogen-bond donors (Lipinski definition) is 0. The van der Waals surface area contributed by atoms with E-state index in [0.717, 1.165) is 25.7 Å². The predicted octanol–water partition coefficient (Wildman–Crippen LogP) is 4.05. The summed E-state index contributed by atoms with van der Waals surface area (Å²) in [7, 11) is 0. The van der Waals surface area contributed by atoms with Crippen LogP contribution in [0, 0.1) is 40.3 Å². The van der Waals surface area contributed by atoms with Crippen molar-refractivity contribution in [2.75, 3.05) is 13.2 Å². The van der Waals surface area contributed by atoms with E-state index in [9.17, 15) is 9.18 Å². The summed E-state index contributed by atoms with van der Waals surface area (Å²) >= 11 is 0. The van der Waals surface area contributed by atoms with Gasteiger partial charge in [0.25, 0.3) is 0 Å². The molecule has 1 aliphatic heterocycles. The first kappa shape index (κ1) is 21.7. The Hall–Kier alpha value is -3.49. The number of amides is 1. The van der Waals surface area contributed by atoms with Crippen LogP contribution in [0.2, 0.25) is 0 Å². The van der Waals surface area contributed by atoms with E-state index < -0.39 is 5.82 Å². The molecule has 0 spiro atoms. The maximum atomic E-state index is 13.9. The van der Waals surface area contributed by atoms with E-state index in [1.807, 2.05) is 6.07 Å². The van der Waals surface area contributed by atoms with Crippen molar-refractivity contribution in [1.82, 2.24) is 10.0 Å². The van der Waals surface area contributed by atoms with Crippen molar-refractivity contribution in [3.63, 3.8) is 0 Å². The largest absolute Gasteiger partial charge is 0.477 e. The minimum atomic E-state index is -0.492. The number of carbonyl (C=O) groups excluding carboxylic acids is 1. The van der Waals surface area contributed by atoms with Crippen LogP contribution in [0.5, 0.6) is 5.88 Å². The lowest BCUT2D eigenvalue weighted by atomic mass is 9.81. The quantitative estimate of drug-likeness (QED) is 0.704. The summed E-state index contributed by atoms with van der Waals surface area (Å²) in [4.78, 5) is 22.9. The molecule has 0 unspecified atom stereocenters. The zero-order valence-corrected chi connectivity index (χ0v) is 17.5. The summed E-state index contributed by atoms with van der Waals surface area (Å²) < 4.78 is 19.7. The lowest BCUT2D eigenvalue weighted by Gasteiger charge is -2.31. The molecule has 1 aromatic heterocycles. The van der Waals surface area contributed by atoms with E-state index in [2.05, 4.69) is 11.1 Å². The smallest absolute Gasteiger partial charge is 0.249 e. The molecule has 2 aromatic rings. The van der Waals surface area contributed by atoms with Crippen LogP contribution in [0.15, 0.2) is 36.5 Å². The molecule has 0 N–H and O–H groups in total. The van der Waals surface area contributed by atoms with Gasteiger partial charge in [0, 0.05) is 24.6 Å². The topological polar surface area (TPSA) is 99.2 Å². The molecule has 1 atom stereocenters. The third-order valence-corrected chi connectivity index (χ3v) is 6.08. The fourth-order valence-corrected chi connectivity index (χ4v) is 4.38. The highest BCUT2D eigenvalue weighted by molar-refractivity contribution is 5.78. The zero-order chi connectivity index (χ0) is 22.5. The van der Waals surface area contributed by atoms with Gasteiger partial charge in [0.1, 0.15) is 5.82 Å². The number of rotatable bonds is 5. The van der Waals surface area contributed by atoms with Crippen LogP contribution in [0.25, 0.3) is 0 Å². The average Bonchev–Trinajstić information content (AvgIpc) is 3.32. The Labute approximate surface area is 185 Å². The number of halogens is 1. The molecule has 2 aliphatic rings. The van der Waals surface area contributed by atoms with Crippen LogP contribution in [0.4, 0.5) is 4.39 Å². The Morgan fingerprint density at radius 1 is 1.12 bits per heavy atom. The Morgan fingerprint density at radius 2 is 1.91 bits per heavy atom. The standard InChI is InChI=1S/C24H23FN4O3/c25-21-10-18(14-27)9-20(12-21)22-6-8-32-29(22)24(30)19-3-1-16(2-4-19)15-31-23-11-17(13-26)5-7-28-23/h5,7,9-12,16,19,22H,1-4,6,8,15H2/t16?,19?,22-/m0/s1. The van der Waals surface area contributed by atoms with Gasteiger partial charge in [-0.1, -0.05) is 0 Å². The molecule has 4 rings (SSSR count). The maximum Gasteiger partial charge on any atom is 0.249 e. The van der Waals surface area contributed by atoms with Crippen molar-refractivity contribution in [3.05, 3.63) is 59.0 Å². The van der Waals surface area contributed by atoms with E-state index in [0.29, 0.717) is 42.6 Å². The summed E-state index contributed by atoms with van der Waals surface area (Å²) in [5.74, 6) is 0.00764. The summed E-state index contributed by atoms with van der Waals surface area (Å²) in [5, 5.41) is 19.5. The van der Waals surface area contributed by atoms with Crippen molar-refractivity contribution in [2.45, 2.75) is 38.1 Å². The van der Waals surface area contributed by atoms with Crippen LogP contribution in [0.3, 0.4) is 0 Å². The number of benzene rings is 1. The van der Waals surface area contributed by atoms with Crippen LogP contribution < -0.4 is 4.74 Å². The van der Waals surface area contributed by atoms with Gasteiger partial charge in [-0.15, -0.1) is 0 Å². The minimum absolute atomic E-state index is 0.0852. The molecule has 8 heteroatoms. The lowest BCUT2D eigenvalue weighted by Crippen LogP contribution is -2.37. The normalized spacial score (nSPS) is 22.7. The third kappa shape index (κ3) is 4.87. The van der Waals surface area contributed by atoms with E-state index in [1.54, 1.807) is 24.4 Å². The third-order valence-electron chi connectivity index (χ3n) is 6.08. The highest BCUT2D eigenvalue weighted by Gasteiger charge is 2.37. The summed E-state index contributed by atoms with van der Waals surface area (Å²) in [5.41, 5.74) is 1.32. The highest BCUT2D eigenvalue weighted by Crippen LogP contribution is 2.36. The highest BCUT2D eigenvalue weighted by atomic mass is 19.1. The predicted molar refractivity (Wildman–Crippen MR) is 111 cm³/mol. The Morgan fingerprint density at radius 3 is 2.66 bits per heavy atom. The van der Waals surface area contributed by atoms with Gasteiger partial charge in [-0.3, -0.25) is 9.63 Å². The van der Waals surface area contributed by atoms with Gasteiger partial charge in [0.05, 0.1) is 42.5 Å². The van der Waals surface area contributed by atoms with E-state index in [4.69, 9.17) is 20.1 Å². The molecule has 2 fully saturated rings. The lowest BCUT2D eigenvalue weighted by molar-refractivity contribution is -0.183. The molecule has 0 radical (unpaired) electrons. The molecule has 1 saturated carbocycles. The number of nitrogens with zero attached hydrogens (tertiary/aromatic N) is 4. The number of ether oxygens (including phenoxy) is 1. The number of hydroxylamine groups is 2. The van der Waals surface area contributed by atoms with Gasteiger partial charge in [0.15, 0.2) is 0 Å². The minimum Gasteiger partial charge on any atom is -0.477 e. The number of carbonyl (C=O) groups is 1. The Balaban J connectivity index is 1.33. The van der Waals surface area contributed by atoms with Crippen molar-refractivity contribution in [1.29, 1.82) is 10.5 Å². The van der Waals surface area contributed by atoms with Crippen molar-refractivity contribution in [3.8, 4) is 18.0 Å². The number of hydrogen-bond acceptors (Lipinski definition) is 6. The Kier molecular flexibility index (Phi) is 6.63. The summed E-state index contributed by atoms with van der Waals surface area (Å²) in [6.07, 6.45) is 5.23. The maximum absolute atomic E-state index is 13.9. The second-order valence-electron chi connectivity index (χ2n) is 8.21. The monoisotopic (exact) mass is 434 g/mol. The zero-order valence-electron chi connectivity index (χ0n) is 17.5. The molecule has 1 saturated heterocycles. The first-order valence-electron chi connectivity index (χ1n) is 10.7. The molecule has 2 heterocycles. The fourth-order valence-electron chi connectivity index (χ4n) is 4.38. The van der Waals surface area contributed by atoms with Gasteiger partial charge < -0.3 is 4.74 Å². The van der Waals surface area contributed by atoms with Crippen molar-refractivity contribution >= 4 is 5.91 Å². The molecular weight excluding hydrogens is 411 g/mol. The van der Waals surface area contributed by atoms with E-state index in [-0.39, 0.29) is 23.4 Å². The molecule has 1 aromatic carbocycles. The van der Waals surface area contributed by atoms with Gasteiger partial charge in [0.2, 0.25) is 11.8 Å². The second-order valence-corrected chi connectivity index (χ2v) is 8.21. The van der Waals surface area contributed by atoms with Crippen LogP contribution >= 0.6 is 0 Å². The van der Waals surface area contributed by atoms with Crippen LogP contribution in [-0.2, 0) is 9.63 Å². The average molecular weight is 434 g/mol. The van der Waals surface area contributed by atoms with Crippen molar-refractivity contribution < 1.29 is 18.8 Å². The van der Waals surface area contributed by atoms with Crippen molar-refractivity contribution in [2.24, 2.45) is 11.8 Å². The first-order chi connectivity index (χ1) is 15.6. The second kappa shape index (κ2) is 9.76. The summed E-state index contributed by atoms with van der Waals surface area (Å²) in [6.45, 7) is 0.874. The molecule has 1 amide bonds. The molecule has 32 heavy (non-hydrogen) atoms.